The molecule has 0 radical (unpaired) electrons. The molecule has 0 fully saturated rings. The molecular weight excluding hydrogens is 222 g/mol. The molecule has 0 spiro atoms. The van der Waals surface area contributed by atoms with Gasteiger partial charge in [0.2, 0.25) is 0 Å². The zero-order chi connectivity index (χ0) is 11.8. The Labute approximate surface area is 101 Å². The molecule has 2 N–H and O–H groups in total. The van der Waals surface area contributed by atoms with Crippen LogP contribution in [0, 0.1) is 0 Å². The zero-order valence-electron chi connectivity index (χ0n) is 9.82. The van der Waals surface area contributed by atoms with Crippen molar-refractivity contribution < 1.29 is 9.84 Å². The number of aromatic hydroxyl groups is 1. The Bertz CT molecular complexity index is 318. The smallest absolute Gasteiger partial charge is 0.120 e. The fourth-order valence-electron chi connectivity index (χ4n) is 1.40. The van der Waals surface area contributed by atoms with Gasteiger partial charge in [-0.2, -0.15) is 11.8 Å². The van der Waals surface area contributed by atoms with E-state index in [0.717, 1.165) is 30.0 Å². The number of hydrogen-bond acceptors (Lipinski definition) is 4. The molecule has 0 aliphatic rings. The first-order valence-corrected chi connectivity index (χ1v) is 6.73. The molecule has 0 heterocycles. The SMILES string of the molecule is COc1ccc(O)c(CNCCCSC)c1. The molecule has 0 unspecified atom stereocenters. The van der Waals surface area contributed by atoms with Gasteiger partial charge in [-0.1, -0.05) is 0 Å². The summed E-state index contributed by atoms with van der Waals surface area (Å²) >= 11 is 1.85. The first-order chi connectivity index (χ1) is 7.77. The van der Waals surface area contributed by atoms with Crippen LogP contribution in [-0.2, 0) is 6.54 Å². The predicted molar refractivity (Wildman–Crippen MR) is 69.4 cm³/mol. The minimum atomic E-state index is 0.318. The molecule has 0 bridgehead atoms. The number of phenols is 1. The van der Waals surface area contributed by atoms with Crippen LogP contribution in [0.3, 0.4) is 0 Å². The van der Waals surface area contributed by atoms with Crippen LogP contribution in [0.15, 0.2) is 18.2 Å². The molecule has 3 nitrogen and oxygen atoms in total. The molecule has 1 aromatic carbocycles. The summed E-state index contributed by atoms with van der Waals surface area (Å²) in [5.74, 6) is 2.26. The van der Waals surface area contributed by atoms with Crippen molar-refractivity contribution in [1.29, 1.82) is 0 Å². The number of ether oxygens (including phenoxy) is 1. The Balaban J connectivity index is 2.40. The third-order valence-electron chi connectivity index (χ3n) is 2.30. The molecule has 0 aliphatic heterocycles. The number of rotatable bonds is 7. The number of nitrogens with one attached hydrogen (secondary N) is 1. The van der Waals surface area contributed by atoms with E-state index in [4.69, 9.17) is 4.74 Å². The highest BCUT2D eigenvalue weighted by Crippen LogP contribution is 2.22. The quantitative estimate of drug-likeness (QED) is 0.718. The Morgan fingerprint density at radius 1 is 1.44 bits per heavy atom. The lowest BCUT2D eigenvalue weighted by atomic mass is 10.2. The lowest BCUT2D eigenvalue weighted by molar-refractivity contribution is 0.410. The van der Waals surface area contributed by atoms with E-state index in [1.807, 2.05) is 17.8 Å². The van der Waals surface area contributed by atoms with E-state index in [1.165, 1.54) is 0 Å². The molecular formula is C12H19NO2S. The van der Waals surface area contributed by atoms with Crippen LogP contribution in [0.2, 0.25) is 0 Å². The molecule has 1 aromatic rings. The largest absolute Gasteiger partial charge is 0.508 e. The fourth-order valence-corrected chi connectivity index (χ4v) is 1.83. The van der Waals surface area contributed by atoms with E-state index in [1.54, 1.807) is 19.2 Å². The van der Waals surface area contributed by atoms with Crippen LogP contribution < -0.4 is 10.1 Å². The third kappa shape index (κ3) is 4.33. The second-order valence-corrected chi connectivity index (χ2v) is 4.50. The van der Waals surface area contributed by atoms with Gasteiger partial charge in [0.25, 0.3) is 0 Å². The second kappa shape index (κ2) is 7.41. The molecule has 0 aliphatic carbocycles. The Morgan fingerprint density at radius 3 is 2.94 bits per heavy atom. The summed E-state index contributed by atoms with van der Waals surface area (Å²) in [5.41, 5.74) is 0.878. The van der Waals surface area contributed by atoms with Gasteiger partial charge in [-0.25, -0.2) is 0 Å². The van der Waals surface area contributed by atoms with E-state index >= 15 is 0 Å². The van der Waals surface area contributed by atoms with Gasteiger partial charge in [-0.05, 0) is 43.2 Å². The Kier molecular flexibility index (Phi) is 6.11. The summed E-state index contributed by atoms with van der Waals surface area (Å²) in [7, 11) is 1.63. The highest BCUT2D eigenvalue weighted by atomic mass is 32.2. The molecule has 1 rings (SSSR count). The van der Waals surface area contributed by atoms with Crippen molar-refractivity contribution in [3.05, 3.63) is 23.8 Å². The maximum absolute atomic E-state index is 9.63. The number of benzene rings is 1. The molecule has 90 valence electrons. The molecule has 0 atom stereocenters. The van der Waals surface area contributed by atoms with Crippen LogP contribution in [-0.4, -0.2) is 30.8 Å². The standard InChI is InChI=1S/C12H19NO2S/c1-15-11-4-5-12(14)10(8-11)9-13-6-3-7-16-2/h4-5,8,13-14H,3,6-7,9H2,1-2H3. The lowest BCUT2D eigenvalue weighted by Crippen LogP contribution is -2.15. The minimum absolute atomic E-state index is 0.318. The lowest BCUT2D eigenvalue weighted by Gasteiger charge is -2.08. The van der Waals surface area contributed by atoms with Crippen molar-refractivity contribution in [2.24, 2.45) is 0 Å². The summed E-state index contributed by atoms with van der Waals surface area (Å²) in [5, 5.41) is 12.9. The summed E-state index contributed by atoms with van der Waals surface area (Å²) in [6, 6.07) is 5.28. The average molecular weight is 241 g/mol. The predicted octanol–water partition coefficient (Wildman–Crippen LogP) is 2.24. The first kappa shape index (κ1) is 13.2. The highest BCUT2D eigenvalue weighted by Gasteiger charge is 2.02. The fraction of sp³-hybridized carbons (Fsp3) is 0.500. The number of phenolic OH excluding ortho intramolecular Hbond substituents is 1. The summed E-state index contributed by atoms with van der Waals surface area (Å²) < 4.78 is 5.11. The second-order valence-electron chi connectivity index (χ2n) is 3.52. The highest BCUT2D eigenvalue weighted by molar-refractivity contribution is 7.98. The van der Waals surface area contributed by atoms with E-state index in [2.05, 4.69) is 11.6 Å². The molecule has 0 aromatic heterocycles. The van der Waals surface area contributed by atoms with Gasteiger partial charge in [0.15, 0.2) is 0 Å². The van der Waals surface area contributed by atoms with Crippen molar-refractivity contribution in [2.75, 3.05) is 25.7 Å². The summed E-state index contributed by atoms with van der Waals surface area (Å²) in [4.78, 5) is 0. The monoisotopic (exact) mass is 241 g/mol. The first-order valence-electron chi connectivity index (χ1n) is 5.33. The van der Waals surface area contributed by atoms with E-state index < -0.39 is 0 Å². The van der Waals surface area contributed by atoms with Gasteiger partial charge in [-0.3, -0.25) is 0 Å². The Morgan fingerprint density at radius 2 is 2.25 bits per heavy atom. The molecule has 4 heteroatoms. The van der Waals surface area contributed by atoms with E-state index in [0.29, 0.717) is 12.3 Å². The normalized spacial score (nSPS) is 10.4. The number of thioether (sulfide) groups is 1. The van der Waals surface area contributed by atoms with Gasteiger partial charge in [-0.15, -0.1) is 0 Å². The topological polar surface area (TPSA) is 41.5 Å². The molecule has 0 saturated heterocycles. The minimum Gasteiger partial charge on any atom is -0.508 e. The van der Waals surface area contributed by atoms with E-state index in [-0.39, 0.29) is 0 Å². The molecule has 0 amide bonds. The van der Waals surface area contributed by atoms with E-state index in [9.17, 15) is 5.11 Å². The average Bonchev–Trinajstić information content (AvgIpc) is 2.31. The van der Waals surface area contributed by atoms with Gasteiger partial charge in [0.05, 0.1) is 7.11 Å². The number of methoxy groups -OCH3 is 1. The number of hydrogen-bond donors (Lipinski definition) is 2. The Hall–Kier alpha value is -0.870. The van der Waals surface area contributed by atoms with Crippen LogP contribution in [0.1, 0.15) is 12.0 Å². The van der Waals surface area contributed by atoms with Crippen molar-refractivity contribution in [3.63, 3.8) is 0 Å². The van der Waals surface area contributed by atoms with Crippen LogP contribution in [0.25, 0.3) is 0 Å². The molecule has 0 saturated carbocycles. The third-order valence-corrected chi connectivity index (χ3v) is 3.00. The van der Waals surface area contributed by atoms with Gasteiger partial charge in [0, 0.05) is 12.1 Å². The van der Waals surface area contributed by atoms with Gasteiger partial charge < -0.3 is 15.2 Å². The maximum Gasteiger partial charge on any atom is 0.120 e. The van der Waals surface area contributed by atoms with Crippen molar-refractivity contribution in [2.45, 2.75) is 13.0 Å². The summed E-state index contributed by atoms with van der Waals surface area (Å²) in [6.45, 7) is 1.65. The zero-order valence-corrected chi connectivity index (χ0v) is 10.6. The van der Waals surface area contributed by atoms with Crippen molar-refractivity contribution in [1.82, 2.24) is 5.32 Å². The van der Waals surface area contributed by atoms with Crippen LogP contribution >= 0.6 is 11.8 Å². The van der Waals surface area contributed by atoms with Crippen molar-refractivity contribution >= 4 is 11.8 Å². The van der Waals surface area contributed by atoms with Crippen LogP contribution in [0.5, 0.6) is 11.5 Å². The van der Waals surface area contributed by atoms with Gasteiger partial charge in [0.1, 0.15) is 11.5 Å². The summed E-state index contributed by atoms with van der Waals surface area (Å²) in [6.07, 6.45) is 3.25. The van der Waals surface area contributed by atoms with Crippen molar-refractivity contribution in [3.8, 4) is 11.5 Å². The van der Waals surface area contributed by atoms with Gasteiger partial charge >= 0.3 is 0 Å². The maximum atomic E-state index is 9.63. The molecule has 16 heavy (non-hydrogen) atoms. The van der Waals surface area contributed by atoms with Crippen LogP contribution in [0.4, 0.5) is 0 Å².